The average Bonchev–Trinajstić information content (AvgIpc) is 3.15. The molecule has 5 nitrogen and oxygen atoms in total. The summed E-state index contributed by atoms with van der Waals surface area (Å²) in [6.45, 7) is 3.69. The van der Waals surface area contributed by atoms with Gasteiger partial charge in [0.05, 0.1) is 11.3 Å². The Kier molecular flexibility index (Phi) is 6.52. The molecule has 0 saturated carbocycles. The molecule has 0 saturated heterocycles. The number of benzene rings is 2. The number of methoxy groups -OCH3 is 1. The number of nitrogens with one attached hydrogen (secondary N) is 1. The predicted octanol–water partition coefficient (Wildman–Crippen LogP) is 5.05. The molecule has 0 atom stereocenters. The van der Waals surface area contributed by atoms with Crippen LogP contribution in [0.4, 0.5) is 14.5 Å². The number of aryl methyl sites for hydroxylation is 1. The summed E-state index contributed by atoms with van der Waals surface area (Å²) in [6, 6.07) is 14.9. The number of halogens is 2. The lowest BCUT2D eigenvalue weighted by Crippen LogP contribution is -2.19. The van der Waals surface area contributed by atoms with Crippen LogP contribution in [0.25, 0.3) is 11.1 Å². The van der Waals surface area contributed by atoms with Crippen LogP contribution in [-0.4, -0.2) is 28.4 Å². The molecule has 2 aromatic carbocycles. The third-order valence-corrected chi connectivity index (χ3v) is 4.68. The van der Waals surface area contributed by atoms with Gasteiger partial charge < -0.3 is 10.1 Å². The summed E-state index contributed by atoms with van der Waals surface area (Å²) in [5.74, 6) is 5.40. The van der Waals surface area contributed by atoms with Crippen LogP contribution in [0, 0.1) is 11.8 Å². The first kappa shape index (κ1) is 22.2. The molecular weight excluding hydrogens is 400 g/mol. The SMILES string of the molecule is COC(C)(C)C#Cc1ccc(-c2ccccc2)c(NC(=O)c2cn(C)nc2C(F)F)c1. The lowest BCUT2D eigenvalue weighted by Gasteiger charge is -2.15. The molecule has 7 heteroatoms. The molecule has 1 amide bonds. The van der Waals surface area contributed by atoms with Crippen molar-refractivity contribution >= 4 is 11.6 Å². The number of rotatable bonds is 5. The zero-order valence-corrected chi connectivity index (χ0v) is 17.7. The molecule has 0 radical (unpaired) electrons. The summed E-state index contributed by atoms with van der Waals surface area (Å²) >= 11 is 0. The average molecular weight is 423 g/mol. The summed E-state index contributed by atoms with van der Waals surface area (Å²) < 4.78 is 33.1. The van der Waals surface area contributed by atoms with Gasteiger partial charge in [0.1, 0.15) is 11.3 Å². The van der Waals surface area contributed by atoms with Crippen molar-refractivity contribution in [3.63, 3.8) is 0 Å². The smallest absolute Gasteiger partial charge is 0.282 e. The van der Waals surface area contributed by atoms with E-state index in [0.717, 1.165) is 11.1 Å². The molecule has 160 valence electrons. The second-order valence-electron chi connectivity index (χ2n) is 7.45. The molecule has 1 aromatic heterocycles. The maximum atomic E-state index is 13.3. The van der Waals surface area contributed by atoms with Crippen LogP contribution in [0.2, 0.25) is 0 Å². The van der Waals surface area contributed by atoms with Crippen LogP contribution < -0.4 is 5.32 Å². The maximum Gasteiger partial charge on any atom is 0.282 e. The topological polar surface area (TPSA) is 56.1 Å². The van der Waals surface area contributed by atoms with Crippen molar-refractivity contribution in [1.29, 1.82) is 0 Å². The highest BCUT2D eigenvalue weighted by Crippen LogP contribution is 2.30. The van der Waals surface area contributed by atoms with Gasteiger partial charge in [-0.3, -0.25) is 9.48 Å². The lowest BCUT2D eigenvalue weighted by molar-refractivity contribution is 0.0741. The molecule has 0 bridgehead atoms. The van der Waals surface area contributed by atoms with Gasteiger partial charge >= 0.3 is 0 Å². The van der Waals surface area contributed by atoms with E-state index in [-0.39, 0.29) is 5.56 Å². The third-order valence-electron chi connectivity index (χ3n) is 4.68. The first-order chi connectivity index (χ1) is 14.7. The number of carbonyl (C=O) groups excluding carboxylic acids is 1. The minimum Gasteiger partial charge on any atom is -0.366 e. The zero-order valence-electron chi connectivity index (χ0n) is 17.7. The fourth-order valence-electron chi connectivity index (χ4n) is 2.90. The first-order valence-corrected chi connectivity index (χ1v) is 9.61. The van der Waals surface area contributed by atoms with E-state index in [1.54, 1.807) is 13.2 Å². The van der Waals surface area contributed by atoms with Crippen molar-refractivity contribution in [2.75, 3.05) is 12.4 Å². The number of hydrogen-bond acceptors (Lipinski definition) is 3. The van der Waals surface area contributed by atoms with Crippen LogP contribution in [-0.2, 0) is 11.8 Å². The van der Waals surface area contributed by atoms with E-state index < -0.39 is 23.6 Å². The molecule has 31 heavy (non-hydrogen) atoms. The van der Waals surface area contributed by atoms with Crippen LogP contribution >= 0.6 is 0 Å². The molecule has 0 spiro atoms. The van der Waals surface area contributed by atoms with Gasteiger partial charge in [-0.15, -0.1) is 0 Å². The highest BCUT2D eigenvalue weighted by molar-refractivity contribution is 6.07. The van der Waals surface area contributed by atoms with E-state index in [1.807, 2.05) is 56.3 Å². The normalized spacial score (nSPS) is 11.2. The Balaban J connectivity index is 2.03. The van der Waals surface area contributed by atoms with Gasteiger partial charge in [-0.25, -0.2) is 8.78 Å². The van der Waals surface area contributed by atoms with Crippen molar-refractivity contribution < 1.29 is 18.3 Å². The van der Waals surface area contributed by atoms with Gasteiger partial charge in [0.25, 0.3) is 12.3 Å². The van der Waals surface area contributed by atoms with Crippen LogP contribution in [0.5, 0.6) is 0 Å². The molecular formula is C24H23F2N3O2. The summed E-state index contributed by atoms with van der Waals surface area (Å²) in [5, 5.41) is 6.47. The zero-order chi connectivity index (χ0) is 22.6. The largest absolute Gasteiger partial charge is 0.366 e. The number of aromatic nitrogens is 2. The summed E-state index contributed by atoms with van der Waals surface area (Å²) in [5.41, 5.74) is 1.36. The van der Waals surface area contributed by atoms with Gasteiger partial charge in [-0.1, -0.05) is 48.2 Å². The van der Waals surface area contributed by atoms with Gasteiger partial charge in [-0.2, -0.15) is 5.10 Å². The van der Waals surface area contributed by atoms with Gasteiger partial charge in [0.2, 0.25) is 0 Å². The Labute approximate surface area is 180 Å². The summed E-state index contributed by atoms with van der Waals surface area (Å²) in [6.07, 6.45) is -1.58. The van der Waals surface area contributed by atoms with Gasteiger partial charge in [0, 0.05) is 31.5 Å². The van der Waals surface area contributed by atoms with Crippen molar-refractivity contribution in [1.82, 2.24) is 9.78 Å². The Morgan fingerprint density at radius 3 is 2.55 bits per heavy atom. The van der Waals surface area contributed by atoms with Crippen LogP contribution in [0.15, 0.2) is 54.7 Å². The van der Waals surface area contributed by atoms with E-state index in [0.29, 0.717) is 11.3 Å². The number of nitrogens with zero attached hydrogens (tertiary/aromatic N) is 2. The number of carbonyl (C=O) groups is 1. The fourth-order valence-corrected chi connectivity index (χ4v) is 2.90. The Morgan fingerprint density at radius 1 is 1.19 bits per heavy atom. The standard InChI is InChI=1S/C24H23F2N3O2/c1-24(2,31-4)13-12-16-10-11-18(17-8-6-5-7-9-17)20(14-16)27-23(30)19-15-29(3)28-21(19)22(25)26/h5-11,14-15,22H,1-4H3,(H,27,30). The van der Waals surface area contributed by atoms with Gasteiger partial charge in [0.15, 0.2) is 0 Å². The van der Waals surface area contributed by atoms with Crippen molar-refractivity contribution in [2.24, 2.45) is 7.05 Å². The molecule has 1 heterocycles. The number of amides is 1. The van der Waals surface area contributed by atoms with Crippen molar-refractivity contribution in [3.05, 3.63) is 71.5 Å². The maximum absolute atomic E-state index is 13.3. The molecule has 1 N–H and O–H groups in total. The Hall–Kier alpha value is -3.50. The molecule has 3 rings (SSSR count). The Morgan fingerprint density at radius 2 is 1.90 bits per heavy atom. The number of ether oxygens (including phenoxy) is 1. The van der Waals surface area contributed by atoms with E-state index in [1.165, 1.54) is 17.9 Å². The Bertz CT molecular complexity index is 1140. The highest BCUT2D eigenvalue weighted by atomic mass is 19.3. The van der Waals surface area contributed by atoms with Crippen molar-refractivity contribution in [3.8, 4) is 23.0 Å². The summed E-state index contributed by atoms with van der Waals surface area (Å²) in [4.78, 5) is 12.9. The minimum atomic E-state index is -2.86. The molecule has 3 aromatic rings. The summed E-state index contributed by atoms with van der Waals surface area (Å²) in [7, 11) is 3.07. The highest BCUT2D eigenvalue weighted by Gasteiger charge is 2.23. The second-order valence-corrected chi connectivity index (χ2v) is 7.45. The van der Waals surface area contributed by atoms with Crippen LogP contribution in [0.3, 0.4) is 0 Å². The number of hydrogen-bond donors (Lipinski definition) is 1. The van der Waals surface area contributed by atoms with E-state index >= 15 is 0 Å². The first-order valence-electron chi connectivity index (χ1n) is 9.61. The number of alkyl halides is 2. The van der Waals surface area contributed by atoms with E-state index in [4.69, 9.17) is 4.74 Å². The molecule has 0 aliphatic carbocycles. The predicted molar refractivity (Wildman–Crippen MR) is 116 cm³/mol. The quantitative estimate of drug-likeness (QED) is 0.584. The lowest BCUT2D eigenvalue weighted by atomic mass is 10.0. The van der Waals surface area contributed by atoms with Gasteiger partial charge in [-0.05, 0) is 31.5 Å². The molecule has 0 aliphatic heterocycles. The number of anilines is 1. The monoisotopic (exact) mass is 423 g/mol. The van der Waals surface area contributed by atoms with E-state index in [9.17, 15) is 13.6 Å². The molecule has 0 fully saturated rings. The fraction of sp³-hybridized carbons (Fsp3) is 0.250. The third kappa shape index (κ3) is 5.36. The van der Waals surface area contributed by atoms with Crippen molar-refractivity contribution in [2.45, 2.75) is 25.9 Å². The molecule has 0 unspecified atom stereocenters. The van der Waals surface area contributed by atoms with E-state index in [2.05, 4.69) is 22.3 Å². The van der Waals surface area contributed by atoms with Crippen LogP contribution in [0.1, 0.15) is 41.9 Å². The second kappa shape index (κ2) is 9.11. The molecule has 0 aliphatic rings. The minimum absolute atomic E-state index is 0.173.